The maximum absolute atomic E-state index is 13.3. The molecule has 0 spiro atoms. The Labute approximate surface area is 243 Å². The third kappa shape index (κ3) is 6.82. The first-order valence-electron chi connectivity index (χ1n) is 11.7. The van der Waals surface area contributed by atoms with E-state index in [9.17, 15) is 13.2 Å². The highest BCUT2D eigenvalue weighted by Gasteiger charge is 2.25. The van der Waals surface area contributed by atoms with E-state index in [1.54, 1.807) is 18.2 Å². The molecule has 0 aliphatic carbocycles. The zero-order chi connectivity index (χ0) is 28.8. The van der Waals surface area contributed by atoms with Gasteiger partial charge in [-0.25, -0.2) is 18.2 Å². The number of fused-ring (bicyclic) bond motifs is 1. The SMILES string of the molecule is COc1ccc(Cl)c(Oc2c(NS(=O)(=O)c3ccc4c(c3)OCO4)ncnc2OCCOC(=O)Nc2cccs2)c1. The highest BCUT2D eigenvalue weighted by atomic mass is 35.5. The number of rotatable bonds is 11. The number of nitrogens with zero attached hydrogens (tertiary/aromatic N) is 2. The Morgan fingerprint density at radius 2 is 1.95 bits per heavy atom. The van der Waals surface area contributed by atoms with Gasteiger partial charge in [-0.1, -0.05) is 11.6 Å². The molecule has 4 aromatic rings. The van der Waals surface area contributed by atoms with Crippen LogP contribution in [0.3, 0.4) is 0 Å². The Hall–Kier alpha value is -4.47. The summed E-state index contributed by atoms with van der Waals surface area (Å²) in [7, 11) is -2.73. The number of benzene rings is 2. The molecule has 2 N–H and O–H groups in total. The second kappa shape index (κ2) is 12.4. The lowest BCUT2D eigenvalue weighted by Crippen LogP contribution is -2.18. The number of ether oxygens (including phenoxy) is 6. The molecule has 1 aliphatic heterocycles. The molecule has 13 nitrogen and oxygen atoms in total. The molecular weight excluding hydrogens is 600 g/mol. The summed E-state index contributed by atoms with van der Waals surface area (Å²) < 4.78 is 61.5. The Balaban J connectivity index is 1.38. The van der Waals surface area contributed by atoms with E-state index in [1.807, 2.05) is 5.38 Å². The molecule has 0 unspecified atom stereocenters. The fraction of sp³-hybridized carbons (Fsp3) is 0.160. The molecule has 0 saturated heterocycles. The summed E-state index contributed by atoms with van der Waals surface area (Å²) in [6.07, 6.45) is 0.410. The maximum atomic E-state index is 13.3. The van der Waals surface area contributed by atoms with Crippen molar-refractivity contribution in [3.05, 3.63) is 65.3 Å². The highest BCUT2D eigenvalue weighted by molar-refractivity contribution is 7.92. The van der Waals surface area contributed by atoms with Crippen LogP contribution in [0.5, 0.6) is 34.6 Å². The van der Waals surface area contributed by atoms with Gasteiger partial charge in [0.25, 0.3) is 15.9 Å². The molecule has 0 saturated carbocycles. The van der Waals surface area contributed by atoms with Crippen LogP contribution in [0, 0.1) is 0 Å². The minimum absolute atomic E-state index is 0.0163. The monoisotopic (exact) mass is 620 g/mol. The van der Waals surface area contributed by atoms with Crippen LogP contribution in [0.2, 0.25) is 5.02 Å². The molecule has 2 aromatic carbocycles. The van der Waals surface area contributed by atoms with Crippen molar-refractivity contribution in [2.75, 3.05) is 37.2 Å². The topological polar surface area (TPSA) is 156 Å². The van der Waals surface area contributed by atoms with Crippen molar-refractivity contribution in [1.29, 1.82) is 0 Å². The number of nitrogens with one attached hydrogen (secondary N) is 2. The van der Waals surface area contributed by atoms with E-state index in [-0.39, 0.29) is 58.9 Å². The smallest absolute Gasteiger partial charge is 0.412 e. The van der Waals surface area contributed by atoms with Gasteiger partial charge >= 0.3 is 6.09 Å². The van der Waals surface area contributed by atoms with Gasteiger partial charge in [-0.3, -0.25) is 10.0 Å². The lowest BCUT2D eigenvalue weighted by atomic mass is 10.3. The summed E-state index contributed by atoms with van der Waals surface area (Å²) in [6.45, 7) is -0.318. The molecule has 1 amide bonds. The van der Waals surface area contributed by atoms with Crippen molar-refractivity contribution in [1.82, 2.24) is 9.97 Å². The van der Waals surface area contributed by atoms with Gasteiger partial charge in [-0.05, 0) is 41.8 Å². The van der Waals surface area contributed by atoms with Gasteiger partial charge in [0, 0.05) is 12.1 Å². The molecule has 214 valence electrons. The molecular formula is C25H21ClN4O9S2. The van der Waals surface area contributed by atoms with Gasteiger partial charge < -0.3 is 28.4 Å². The van der Waals surface area contributed by atoms with E-state index in [4.69, 9.17) is 40.0 Å². The van der Waals surface area contributed by atoms with Crippen molar-refractivity contribution >= 4 is 49.9 Å². The summed E-state index contributed by atoms with van der Waals surface area (Å²) in [6, 6.07) is 12.3. The molecule has 41 heavy (non-hydrogen) atoms. The third-order valence-electron chi connectivity index (χ3n) is 5.31. The molecule has 0 fully saturated rings. The Kier molecular flexibility index (Phi) is 8.47. The van der Waals surface area contributed by atoms with Crippen molar-refractivity contribution in [3.63, 3.8) is 0 Å². The predicted molar refractivity (Wildman–Crippen MR) is 148 cm³/mol. The van der Waals surface area contributed by atoms with Crippen LogP contribution >= 0.6 is 22.9 Å². The molecule has 0 bridgehead atoms. The average Bonchev–Trinajstić information content (AvgIpc) is 3.65. The Bertz CT molecular complexity index is 1650. The summed E-state index contributed by atoms with van der Waals surface area (Å²) in [5.41, 5.74) is 0. The molecule has 0 atom stereocenters. The highest BCUT2D eigenvalue weighted by Crippen LogP contribution is 2.41. The average molecular weight is 621 g/mol. The van der Waals surface area contributed by atoms with E-state index in [0.29, 0.717) is 16.5 Å². The Morgan fingerprint density at radius 3 is 2.76 bits per heavy atom. The van der Waals surface area contributed by atoms with Crippen molar-refractivity contribution in [2.24, 2.45) is 0 Å². The lowest BCUT2D eigenvalue weighted by Gasteiger charge is -2.16. The largest absolute Gasteiger partial charge is 0.497 e. The molecule has 5 rings (SSSR count). The van der Waals surface area contributed by atoms with Crippen LogP contribution in [-0.2, 0) is 14.8 Å². The number of halogens is 1. The molecule has 1 aliphatic rings. The van der Waals surface area contributed by atoms with Crippen LogP contribution in [0.1, 0.15) is 0 Å². The summed E-state index contributed by atoms with van der Waals surface area (Å²) in [5.74, 6) is 0.645. The zero-order valence-corrected chi connectivity index (χ0v) is 23.5. The molecule has 0 radical (unpaired) electrons. The quantitative estimate of drug-likeness (QED) is 0.214. The first-order valence-corrected chi connectivity index (χ1v) is 14.5. The molecule has 16 heteroatoms. The zero-order valence-electron chi connectivity index (χ0n) is 21.2. The number of carbonyl (C=O) groups is 1. The second-order valence-corrected chi connectivity index (χ2v) is 11.0. The van der Waals surface area contributed by atoms with Crippen LogP contribution in [-0.4, -0.2) is 51.6 Å². The lowest BCUT2D eigenvalue weighted by molar-refractivity contribution is 0.135. The summed E-state index contributed by atoms with van der Waals surface area (Å²) in [5, 5.41) is 5.20. The summed E-state index contributed by atoms with van der Waals surface area (Å²) in [4.78, 5) is 20.0. The number of thiophene rings is 1. The predicted octanol–water partition coefficient (Wildman–Crippen LogP) is 5.15. The number of hydrogen-bond donors (Lipinski definition) is 2. The fourth-order valence-electron chi connectivity index (χ4n) is 3.41. The van der Waals surface area contributed by atoms with Crippen molar-refractivity contribution in [3.8, 4) is 34.6 Å². The fourth-order valence-corrected chi connectivity index (χ4v) is 5.20. The van der Waals surface area contributed by atoms with Gasteiger partial charge in [0.2, 0.25) is 12.5 Å². The van der Waals surface area contributed by atoms with Gasteiger partial charge in [-0.15, -0.1) is 11.3 Å². The molecule has 3 heterocycles. The van der Waals surface area contributed by atoms with E-state index in [0.717, 1.165) is 6.33 Å². The van der Waals surface area contributed by atoms with Gasteiger partial charge in [0.15, 0.2) is 17.3 Å². The minimum atomic E-state index is -4.20. The van der Waals surface area contributed by atoms with Gasteiger partial charge in [-0.2, -0.15) is 4.98 Å². The normalized spacial score (nSPS) is 12.0. The van der Waals surface area contributed by atoms with Gasteiger partial charge in [0.1, 0.15) is 31.0 Å². The number of aromatic nitrogens is 2. The third-order valence-corrected chi connectivity index (χ3v) is 7.74. The number of hydrogen-bond acceptors (Lipinski definition) is 12. The van der Waals surface area contributed by atoms with E-state index < -0.39 is 16.1 Å². The van der Waals surface area contributed by atoms with Crippen LogP contribution in [0.4, 0.5) is 15.6 Å². The molecule has 2 aromatic heterocycles. The minimum Gasteiger partial charge on any atom is -0.497 e. The number of anilines is 2. The maximum Gasteiger partial charge on any atom is 0.412 e. The number of sulfonamides is 1. The number of amides is 1. The van der Waals surface area contributed by atoms with Crippen LogP contribution in [0.15, 0.2) is 65.1 Å². The van der Waals surface area contributed by atoms with E-state index in [2.05, 4.69) is 20.0 Å². The first-order chi connectivity index (χ1) is 19.8. The number of methoxy groups -OCH3 is 1. The van der Waals surface area contributed by atoms with Crippen molar-refractivity contribution in [2.45, 2.75) is 4.90 Å². The standard InChI is InChI=1S/C25H21ClN4O9S2/c1-34-15-4-6-17(26)19(11-15)39-22-23(30-41(32,33)16-5-7-18-20(12-16)38-14-37-18)27-13-28-24(22)35-8-9-36-25(31)29-21-3-2-10-40-21/h2-7,10-13H,8-9,14H2,1H3,(H,29,31)(H,27,28,30). The van der Waals surface area contributed by atoms with E-state index in [1.165, 1.54) is 48.8 Å². The number of carbonyl (C=O) groups excluding carboxylic acids is 1. The van der Waals surface area contributed by atoms with E-state index >= 15 is 0 Å². The van der Waals surface area contributed by atoms with Crippen LogP contribution in [0.25, 0.3) is 0 Å². The Morgan fingerprint density at radius 1 is 1.10 bits per heavy atom. The second-order valence-electron chi connectivity index (χ2n) is 7.96. The van der Waals surface area contributed by atoms with Crippen LogP contribution < -0.4 is 33.7 Å². The summed E-state index contributed by atoms with van der Waals surface area (Å²) >= 11 is 7.66. The van der Waals surface area contributed by atoms with Crippen molar-refractivity contribution < 1.29 is 41.6 Å². The first kappa shape index (κ1) is 28.1. The van der Waals surface area contributed by atoms with Gasteiger partial charge in [0.05, 0.1) is 22.0 Å².